The SMILES string of the molecule is CN1C=C(N2C(=O)c3c(Cl)ccc(NS(=O)(=O)c4ccc(C(C)(C)C)cc4)c3C2=O)C=CC1. The van der Waals surface area contributed by atoms with Gasteiger partial charge in [-0.2, -0.15) is 0 Å². The molecular weight excluding hydrogens is 462 g/mol. The first-order chi connectivity index (χ1) is 15.4. The highest BCUT2D eigenvalue weighted by Crippen LogP contribution is 2.37. The number of rotatable bonds is 4. The highest BCUT2D eigenvalue weighted by Gasteiger charge is 2.42. The summed E-state index contributed by atoms with van der Waals surface area (Å²) in [6, 6.07) is 9.36. The van der Waals surface area contributed by atoms with Crippen LogP contribution in [0.2, 0.25) is 5.02 Å². The molecule has 0 saturated carbocycles. The van der Waals surface area contributed by atoms with Gasteiger partial charge in [-0.1, -0.05) is 50.6 Å². The fraction of sp³-hybridized carbons (Fsp3) is 0.250. The average molecular weight is 486 g/mol. The molecule has 9 heteroatoms. The van der Waals surface area contributed by atoms with Crippen molar-refractivity contribution in [2.24, 2.45) is 0 Å². The van der Waals surface area contributed by atoms with Gasteiger partial charge < -0.3 is 4.90 Å². The Balaban J connectivity index is 1.72. The van der Waals surface area contributed by atoms with Gasteiger partial charge in [-0.05, 0) is 41.3 Å². The van der Waals surface area contributed by atoms with Crippen LogP contribution in [0.5, 0.6) is 0 Å². The van der Waals surface area contributed by atoms with E-state index in [0.717, 1.165) is 10.5 Å². The lowest BCUT2D eigenvalue weighted by molar-refractivity contribution is 0.0707. The molecule has 4 rings (SSSR count). The Morgan fingerprint density at radius 2 is 1.61 bits per heavy atom. The predicted octanol–water partition coefficient (Wildman–Crippen LogP) is 4.38. The Morgan fingerprint density at radius 1 is 0.970 bits per heavy atom. The molecule has 33 heavy (non-hydrogen) atoms. The van der Waals surface area contributed by atoms with E-state index in [4.69, 9.17) is 11.6 Å². The van der Waals surface area contributed by atoms with E-state index in [0.29, 0.717) is 12.2 Å². The average Bonchev–Trinajstić information content (AvgIpc) is 3.01. The number of sulfonamides is 1. The first kappa shape index (κ1) is 23.1. The number of carbonyl (C=O) groups is 2. The van der Waals surface area contributed by atoms with Gasteiger partial charge in [0.15, 0.2) is 0 Å². The monoisotopic (exact) mass is 485 g/mol. The van der Waals surface area contributed by atoms with Gasteiger partial charge in [-0.25, -0.2) is 13.3 Å². The van der Waals surface area contributed by atoms with Crippen molar-refractivity contribution < 1.29 is 18.0 Å². The Morgan fingerprint density at radius 3 is 2.21 bits per heavy atom. The van der Waals surface area contributed by atoms with E-state index in [1.807, 2.05) is 38.8 Å². The third-order valence-corrected chi connectivity index (χ3v) is 7.25. The molecule has 2 aliphatic rings. The zero-order valence-electron chi connectivity index (χ0n) is 18.7. The third-order valence-electron chi connectivity index (χ3n) is 5.56. The van der Waals surface area contributed by atoms with Crippen molar-refractivity contribution in [2.45, 2.75) is 31.1 Å². The van der Waals surface area contributed by atoms with Gasteiger partial charge in [-0.15, -0.1) is 0 Å². The largest absolute Gasteiger partial charge is 0.375 e. The second-order valence-electron chi connectivity index (χ2n) is 9.07. The minimum Gasteiger partial charge on any atom is -0.375 e. The quantitative estimate of drug-likeness (QED) is 0.649. The number of nitrogens with zero attached hydrogens (tertiary/aromatic N) is 2. The van der Waals surface area contributed by atoms with Gasteiger partial charge in [0.25, 0.3) is 21.8 Å². The number of allylic oxidation sites excluding steroid dienone is 1. The number of amides is 2. The molecule has 0 radical (unpaired) electrons. The molecule has 0 bridgehead atoms. The summed E-state index contributed by atoms with van der Waals surface area (Å²) in [5, 5.41) is 0.0806. The zero-order chi connectivity index (χ0) is 24.1. The third kappa shape index (κ3) is 4.16. The van der Waals surface area contributed by atoms with Crippen molar-refractivity contribution >= 4 is 39.1 Å². The van der Waals surface area contributed by atoms with Gasteiger partial charge in [0.1, 0.15) is 0 Å². The van der Waals surface area contributed by atoms with Crippen molar-refractivity contribution in [3.63, 3.8) is 0 Å². The fourth-order valence-electron chi connectivity index (χ4n) is 3.78. The maximum Gasteiger partial charge on any atom is 0.268 e. The molecule has 2 amide bonds. The maximum absolute atomic E-state index is 13.3. The number of imide groups is 1. The first-order valence-electron chi connectivity index (χ1n) is 10.3. The van der Waals surface area contributed by atoms with Crippen molar-refractivity contribution in [3.8, 4) is 0 Å². The number of hydrogen-bond donors (Lipinski definition) is 1. The van der Waals surface area contributed by atoms with Gasteiger partial charge in [0, 0.05) is 19.8 Å². The Kier molecular flexibility index (Phi) is 5.62. The molecule has 172 valence electrons. The summed E-state index contributed by atoms with van der Waals surface area (Å²) in [5.74, 6) is -1.23. The summed E-state index contributed by atoms with van der Waals surface area (Å²) in [4.78, 5) is 29.3. The second-order valence-corrected chi connectivity index (χ2v) is 11.2. The smallest absolute Gasteiger partial charge is 0.268 e. The van der Waals surface area contributed by atoms with Crippen LogP contribution in [0.3, 0.4) is 0 Å². The Labute approximate surface area is 198 Å². The number of fused-ring (bicyclic) bond motifs is 1. The standard InChI is InChI=1S/C24H24ClN3O4S/c1-24(2,3)15-7-9-17(10-8-15)33(31,32)26-19-12-11-18(25)20-21(19)23(30)28(22(20)29)16-6-5-13-27(4)14-16/h5-12,14,26H,13H2,1-4H3. The second kappa shape index (κ2) is 8.04. The number of halogens is 1. The molecule has 2 heterocycles. The lowest BCUT2D eigenvalue weighted by Gasteiger charge is -2.22. The van der Waals surface area contributed by atoms with Gasteiger partial charge >= 0.3 is 0 Å². The molecule has 0 aliphatic carbocycles. The number of carbonyl (C=O) groups excluding carboxylic acids is 2. The fourth-order valence-corrected chi connectivity index (χ4v) is 5.09. The molecule has 1 N–H and O–H groups in total. The first-order valence-corrected chi connectivity index (χ1v) is 12.2. The van der Waals surface area contributed by atoms with Crippen LogP contribution in [-0.2, 0) is 15.4 Å². The molecule has 0 fully saturated rings. The van der Waals surface area contributed by atoms with E-state index < -0.39 is 21.8 Å². The number of benzene rings is 2. The summed E-state index contributed by atoms with van der Waals surface area (Å²) in [5.41, 5.74) is 1.17. The summed E-state index contributed by atoms with van der Waals surface area (Å²) in [6.45, 7) is 6.75. The van der Waals surface area contributed by atoms with Crippen LogP contribution in [0, 0.1) is 0 Å². The normalized spacial score (nSPS) is 16.2. The molecule has 0 spiro atoms. The van der Waals surface area contributed by atoms with Crippen molar-refractivity contribution in [1.29, 1.82) is 0 Å². The van der Waals surface area contributed by atoms with Gasteiger partial charge in [0.05, 0.1) is 32.4 Å². The van der Waals surface area contributed by atoms with Gasteiger partial charge in [-0.3, -0.25) is 14.3 Å². The Bertz CT molecular complexity index is 1320. The minimum atomic E-state index is -4.01. The maximum atomic E-state index is 13.3. The molecule has 2 aromatic carbocycles. The van der Waals surface area contributed by atoms with E-state index in [9.17, 15) is 18.0 Å². The number of anilines is 1. The predicted molar refractivity (Wildman–Crippen MR) is 128 cm³/mol. The van der Waals surface area contributed by atoms with E-state index in [1.54, 1.807) is 24.4 Å². The summed E-state index contributed by atoms with van der Waals surface area (Å²) in [6.07, 6.45) is 5.18. The molecule has 2 aromatic rings. The zero-order valence-corrected chi connectivity index (χ0v) is 20.3. The summed E-state index contributed by atoms with van der Waals surface area (Å²) < 4.78 is 28.6. The number of likely N-dealkylation sites (N-methyl/N-ethyl adjacent to an activating group) is 1. The highest BCUT2D eigenvalue weighted by molar-refractivity contribution is 7.92. The van der Waals surface area contributed by atoms with E-state index >= 15 is 0 Å². The van der Waals surface area contributed by atoms with Crippen LogP contribution in [0.1, 0.15) is 47.1 Å². The summed E-state index contributed by atoms with van der Waals surface area (Å²) in [7, 11) is -2.20. The Hall–Kier alpha value is -3.10. The molecule has 0 unspecified atom stereocenters. The van der Waals surface area contributed by atoms with Crippen molar-refractivity contribution in [1.82, 2.24) is 9.80 Å². The number of hydrogen-bond acceptors (Lipinski definition) is 5. The minimum absolute atomic E-state index is 0.00360. The lowest BCUT2D eigenvalue weighted by atomic mass is 9.87. The van der Waals surface area contributed by atoms with Crippen LogP contribution in [-0.4, -0.2) is 43.6 Å². The molecule has 0 saturated heterocycles. The molecule has 7 nitrogen and oxygen atoms in total. The van der Waals surface area contributed by atoms with E-state index in [1.165, 1.54) is 24.3 Å². The van der Waals surface area contributed by atoms with Crippen LogP contribution in [0.4, 0.5) is 5.69 Å². The topological polar surface area (TPSA) is 86.8 Å². The van der Waals surface area contributed by atoms with Crippen molar-refractivity contribution in [2.75, 3.05) is 18.3 Å². The van der Waals surface area contributed by atoms with Gasteiger partial charge in [0.2, 0.25) is 0 Å². The van der Waals surface area contributed by atoms with E-state index in [2.05, 4.69) is 4.72 Å². The highest BCUT2D eigenvalue weighted by atomic mass is 35.5. The number of nitrogens with one attached hydrogen (secondary N) is 1. The molecule has 0 atom stereocenters. The van der Waals surface area contributed by atoms with Crippen LogP contribution < -0.4 is 4.72 Å². The molecular formula is C24H24ClN3O4S. The molecule has 0 aromatic heterocycles. The van der Waals surface area contributed by atoms with Crippen LogP contribution >= 0.6 is 11.6 Å². The van der Waals surface area contributed by atoms with Crippen molar-refractivity contribution in [3.05, 3.63) is 82.2 Å². The summed E-state index contributed by atoms with van der Waals surface area (Å²) >= 11 is 6.26. The van der Waals surface area contributed by atoms with Crippen LogP contribution in [0.25, 0.3) is 0 Å². The van der Waals surface area contributed by atoms with Crippen LogP contribution in [0.15, 0.2) is 65.3 Å². The molecule has 2 aliphatic heterocycles. The van der Waals surface area contributed by atoms with E-state index in [-0.39, 0.29) is 32.1 Å². The lowest BCUT2D eigenvalue weighted by Crippen LogP contribution is -2.31.